The summed E-state index contributed by atoms with van der Waals surface area (Å²) in [4.78, 5) is 11.9. The summed E-state index contributed by atoms with van der Waals surface area (Å²) in [5.74, 6) is 0.200. The molecule has 0 aliphatic carbocycles. The average Bonchev–Trinajstić information content (AvgIpc) is 2.56. The fourth-order valence-corrected chi connectivity index (χ4v) is 2.66. The number of nitrogens with one attached hydrogen (secondary N) is 1. The van der Waals surface area contributed by atoms with E-state index < -0.39 is 16.0 Å². The van der Waals surface area contributed by atoms with Crippen LogP contribution in [-0.2, 0) is 10.1 Å². The van der Waals surface area contributed by atoms with Gasteiger partial charge in [0.25, 0.3) is 16.0 Å². The average molecular weight is 384 g/mol. The van der Waals surface area contributed by atoms with Crippen molar-refractivity contribution in [1.82, 2.24) is 0 Å². The maximum absolute atomic E-state index is 12.3. The van der Waals surface area contributed by atoms with Gasteiger partial charge in [0.2, 0.25) is 0 Å². The van der Waals surface area contributed by atoms with Crippen LogP contribution in [0.15, 0.2) is 47.4 Å². The molecule has 0 spiro atoms. The summed E-state index contributed by atoms with van der Waals surface area (Å²) >= 11 is 5.96. The minimum Gasteiger partial charge on any atom is -0.494 e. The molecule has 0 aliphatic heterocycles. The standard InChI is InChI=1S/C17H18ClNO5S/c1-2-3-10-24-13-6-4-12(5-7-13)17(20)19-16-11-14(25(21,22)23)8-9-15(16)18/h4-9,11H,2-3,10H2,1H3,(H,19,20)(H,21,22,23). The molecule has 0 fully saturated rings. The summed E-state index contributed by atoms with van der Waals surface area (Å²) in [7, 11) is -4.39. The molecule has 0 radical (unpaired) electrons. The molecule has 0 aromatic heterocycles. The molecule has 2 aromatic rings. The molecule has 0 saturated carbocycles. The molecule has 6 nitrogen and oxygen atoms in total. The summed E-state index contributed by atoms with van der Waals surface area (Å²) < 4.78 is 37.0. The van der Waals surface area contributed by atoms with E-state index in [4.69, 9.17) is 20.9 Å². The fourth-order valence-electron chi connectivity index (χ4n) is 1.99. The monoisotopic (exact) mass is 383 g/mol. The van der Waals surface area contributed by atoms with Gasteiger partial charge in [0.05, 0.1) is 22.2 Å². The summed E-state index contributed by atoms with van der Waals surface area (Å²) in [5.41, 5.74) is 0.446. The number of carbonyl (C=O) groups is 1. The lowest BCUT2D eigenvalue weighted by Gasteiger charge is -2.10. The first kappa shape index (κ1) is 19.2. The number of amides is 1. The third kappa shape index (κ3) is 5.45. The Morgan fingerprint density at radius 1 is 1.20 bits per heavy atom. The Labute approximate surface area is 151 Å². The lowest BCUT2D eigenvalue weighted by Crippen LogP contribution is -2.13. The summed E-state index contributed by atoms with van der Waals surface area (Å²) in [6.07, 6.45) is 1.98. The Bertz CT molecular complexity index is 850. The highest BCUT2D eigenvalue weighted by atomic mass is 35.5. The van der Waals surface area contributed by atoms with Gasteiger partial charge in [-0.05, 0) is 48.9 Å². The van der Waals surface area contributed by atoms with Gasteiger partial charge in [0.15, 0.2) is 0 Å². The molecule has 1 amide bonds. The Hall–Kier alpha value is -2.09. The van der Waals surface area contributed by atoms with Crippen LogP contribution in [0.5, 0.6) is 5.75 Å². The Balaban J connectivity index is 2.12. The van der Waals surface area contributed by atoms with E-state index in [1.807, 2.05) is 0 Å². The van der Waals surface area contributed by atoms with E-state index in [2.05, 4.69) is 12.2 Å². The number of hydrogen-bond donors (Lipinski definition) is 2. The molecule has 134 valence electrons. The first-order chi connectivity index (χ1) is 11.8. The van der Waals surface area contributed by atoms with E-state index in [-0.39, 0.29) is 15.6 Å². The van der Waals surface area contributed by atoms with Crippen molar-refractivity contribution < 1.29 is 22.5 Å². The van der Waals surface area contributed by atoms with Crippen LogP contribution in [-0.4, -0.2) is 25.5 Å². The number of unbranched alkanes of at least 4 members (excludes halogenated alkanes) is 1. The second kappa shape index (κ2) is 8.33. The van der Waals surface area contributed by atoms with E-state index in [0.717, 1.165) is 25.0 Å². The molecule has 0 saturated heterocycles. The summed E-state index contributed by atoms with van der Waals surface area (Å²) in [6, 6.07) is 10.1. The van der Waals surface area contributed by atoms with Gasteiger partial charge in [-0.2, -0.15) is 8.42 Å². The quantitative estimate of drug-likeness (QED) is 0.556. The summed E-state index contributed by atoms with van der Waals surface area (Å²) in [6.45, 7) is 2.68. The van der Waals surface area contributed by atoms with Gasteiger partial charge in [-0.1, -0.05) is 24.9 Å². The van der Waals surface area contributed by atoms with Crippen LogP contribution in [0.2, 0.25) is 5.02 Å². The van der Waals surface area contributed by atoms with Crippen molar-refractivity contribution >= 4 is 33.3 Å². The van der Waals surface area contributed by atoms with Crippen molar-refractivity contribution in [3.63, 3.8) is 0 Å². The van der Waals surface area contributed by atoms with E-state index in [0.29, 0.717) is 17.9 Å². The van der Waals surface area contributed by atoms with Crippen LogP contribution in [0, 0.1) is 0 Å². The molecule has 2 aromatic carbocycles. The lowest BCUT2D eigenvalue weighted by molar-refractivity contribution is 0.102. The second-order valence-corrected chi connectivity index (χ2v) is 7.13. The second-order valence-electron chi connectivity index (χ2n) is 5.30. The minimum absolute atomic E-state index is 0.0880. The molecule has 2 rings (SSSR count). The number of ether oxygens (including phenoxy) is 1. The summed E-state index contributed by atoms with van der Waals surface area (Å²) in [5, 5.41) is 2.68. The minimum atomic E-state index is -4.39. The molecule has 25 heavy (non-hydrogen) atoms. The van der Waals surface area contributed by atoms with Gasteiger partial charge in [0.1, 0.15) is 5.75 Å². The first-order valence-electron chi connectivity index (χ1n) is 7.62. The van der Waals surface area contributed by atoms with Crippen LogP contribution in [0.4, 0.5) is 5.69 Å². The van der Waals surface area contributed by atoms with Crippen molar-refractivity contribution in [2.45, 2.75) is 24.7 Å². The maximum atomic E-state index is 12.3. The highest BCUT2D eigenvalue weighted by molar-refractivity contribution is 7.85. The van der Waals surface area contributed by atoms with Crippen molar-refractivity contribution in [2.75, 3.05) is 11.9 Å². The highest BCUT2D eigenvalue weighted by Gasteiger charge is 2.14. The van der Waals surface area contributed by atoms with E-state index in [1.54, 1.807) is 24.3 Å². The molecule has 0 aliphatic rings. The number of carbonyl (C=O) groups excluding carboxylic acids is 1. The third-order valence-electron chi connectivity index (χ3n) is 3.37. The van der Waals surface area contributed by atoms with Crippen LogP contribution >= 0.6 is 11.6 Å². The number of benzene rings is 2. The zero-order valence-corrected chi connectivity index (χ0v) is 15.1. The lowest BCUT2D eigenvalue weighted by atomic mass is 10.2. The smallest absolute Gasteiger partial charge is 0.294 e. The van der Waals surface area contributed by atoms with Gasteiger partial charge in [0, 0.05) is 5.56 Å². The molecule has 8 heteroatoms. The predicted octanol–water partition coefficient (Wildman–Crippen LogP) is 4.02. The van der Waals surface area contributed by atoms with Crippen molar-refractivity contribution in [1.29, 1.82) is 0 Å². The third-order valence-corrected chi connectivity index (χ3v) is 4.55. The fraction of sp³-hybridized carbons (Fsp3) is 0.235. The zero-order valence-electron chi connectivity index (χ0n) is 13.5. The zero-order chi connectivity index (χ0) is 18.4. The SMILES string of the molecule is CCCCOc1ccc(C(=O)Nc2cc(S(=O)(=O)O)ccc2Cl)cc1. The van der Waals surface area contributed by atoms with Crippen LogP contribution in [0.1, 0.15) is 30.1 Å². The Morgan fingerprint density at radius 3 is 2.48 bits per heavy atom. The molecule has 0 bridgehead atoms. The van der Waals surface area contributed by atoms with Crippen LogP contribution in [0.25, 0.3) is 0 Å². The van der Waals surface area contributed by atoms with Crippen molar-refractivity contribution in [3.8, 4) is 5.75 Å². The maximum Gasteiger partial charge on any atom is 0.294 e. The molecule has 0 heterocycles. The number of halogens is 1. The topological polar surface area (TPSA) is 92.7 Å². The number of rotatable bonds is 7. The van der Waals surface area contributed by atoms with Gasteiger partial charge >= 0.3 is 0 Å². The van der Waals surface area contributed by atoms with Crippen LogP contribution < -0.4 is 10.1 Å². The van der Waals surface area contributed by atoms with Crippen molar-refractivity contribution in [3.05, 3.63) is 53.1 Å². The van der Waals surface area contributed by atoms with E-state index in [1.165, 1.54) is 6.07 Å². The Kier molecular flexibility index (Phi) is 6.41. The number of hydrogen-bond acceptors (Lipinski definition) is 4. The molecule has 2 N–H and O–H groups in total. The van der Waals surface area contributed by atoms with Crippen molar-refractivity contribution in [2.24, 2.45) is 0 Å². The molecular formula is C17H18ClNO5S. The number of anilines is 1. The van der Waals surface area contributed by atoms with Gasteiger partial charge in [-0.15, -0.1) is 0 Å². The molecular weight excluding hydrogens is 366 g/mol. The van der Waals surface area contributed by atoms with Gasteiger partial charge in [-0.25, -0.2) is 0 Å². The largest absolute Gasteiger partial charge is 0.494 e. The van der Waals surface area contributed by atoms with Gasteiger partial charge < -0.3 is 10.1 Å². The van der Waals surface area contributed by atoms with Crippen LogP contribution in [0.3, 0.4) is 0 Å². The normalized spacial score (nSPS) is 11.2. The molecule has 0 atom stereocenters. The predicted molar refractivity (Wildman–Crippen MR) is 96.1 cm³/mol. The van der Waals surface area contributed by atoms with E-state index >= 15 is 0 Å². The highest BCUT2D eigenvalue weighted by Crippen LogP contribution is 2.26. The Morgan fingerprint density at radius 2 is 1.88 bits per heavy atom. The molecule has 0 unspecified atom stereocenters. The first-order valence-corrected chi connectivity index (χ1v) is 9.44. The van der Waals surface area contributed by atoms with Gasteiger partial charge in [-0.3, -0.25) is 9.35 Å². The van der Waals surface area contributed by atoms with E-state index in [9.17, 15) is 13.2 Å².